The SMILES string of the molecule is CCOC(=O)Cc1cc(F)c(Cl)cc1N. The molecule has 0 aromatic heterocycles. The van der Waals surface area contributed by atoms with Gasteiger partial charge in [0, 0.05) is 5.69 Å². The molecule has 0 saturated heterocycles. The Bertz CT molecular complexity index is 382. The van der Waals surface area contributed by atoms with Crippen molar-refractivity contribution in [3.8, 4) is 0 Å². The van der Waals surface area contributed by atoms with E-state index in [4.69, 9.17) is 22.1 Å². The lowest BCUT2D eigenvalue weighted by Gasteiger charge is -2.06. The molecular weight excluding hydrogens is 221 g/mol. The molecule has 1 rings (SSSR count). The quantitative estimate of drug-likeness (QED) is 0.641. The van der Waals surface area contributed by atoms with Gasteiger partial charge in [-0.3, -0.25) is 4.79 Å². The summed E-state index contributed by atoms with van der Waals surface area (Å²) in [5.74, 6) is -1.03. The molecule has 1 aromatic rings. The van der Waals surface area contributed by atoms with E-state index in [0.717, 1.165) is 6.07 Å². The molecule has 0 heterocycles. The van der Waals surface area contributed by atoms with Crippen molar-refractivity contribution < 1.29 is 13.9 Å². The van der Waals surface area contributed by atoms with Gasteiger partial charge in [-0.05, 0) is 24.6 Å². The smallest absolute Gasteiger partial charge is 0.310 e. The molecule has 0 bridgehead atoms. The number of nitrogens with two attached hydrogens (primary N) is 1. The summed E-state index contributed by atoms with van der Waals surface area (Å²) in [6.07, 6.45) is -0.0479. The zero-order valence-corrected chi connectivity index (χ0v) is 8.97. The largest absolute Gasteiger partial charge is 0.466 e. The lowest BCUT2D eigenvalue weighted by molar-refractivity contribution is -0.142. The maximum atomic E-state index is 13.1. The molecule has 0 aliphatic heterocycles. The minimum absolute atomic E-state index is 0.0479. The first-order valence-electron chi connectivity index (χ1n) is 4.43. The predicted molar refractivity (Wildman–Crippen MR) is 56.2 cm³/mol. The third kappa shape index (κ3) is 3.09. The van der Waals surface area contributed by atoms with Gasteiger partial charge in [-0.15, -0.1) is 0 Å². The minimum atomic E-state index is -0.592. The average Bonchev–Trinajstić information content (AvgIpc) is 2.14. The number of carbonyl (C=O) groups excluding carboxylic acids is 1. The number of rotatable bonds is 3. The second-order valence-electron chi connectivity index (χ2n) is 2.95. The number of carbonyl (C=O) groups is 1. The highest BCUT2D eigenvalue weighted by Crippen LogP contribution is 2.22. The van der Waals surface area contributed by atoms with E-state index in [0.29, 0.717) is 5.56 Å². The first-order valence-corrected chi connectivity index (χ1v) is 4.81. The highest BCUT2D eigenvalue weighted by molar-refractivity contribution is 6.31. The van der Waals surface area contributed by atoms with Crippen LogP contribution in [0.5, 0.6) is 0 Å². The van der Waals surface area contributed by atoms with Crippen molar-refractivity contribution in [3.63, 3.8) is 0 Å². The number of hydrogen-bond donors (Lipinski definition) is 1. The molecule has 0 aliphatic carbocycles. The summed E-state index contributed by atoms with van der Waals surface area (Å²) in [4.78, 5) is 11.1. The van der Waals surface area contributed by atoms with Crippen LogP contribution in [-0.2, 0) is 16.0 Å². The number of anilines is 1. The minimum Gasteiger partial charge on any atom is -0.466 e. The van der Waals surface area contributed by atoms with Crippen molar-refractivity contribution >= 4 is 23.3 Å². The molecule has 1 aromatic carbocycles. The van der Waals surface area contributed by atoms with Gasteiger partial charge in [0.1, 0.15) is 5.82 Å². The highest BCUT2D eigenvalue weighted by Gasteiger charge is 2.10. The summed E-state index contributed by atoms with van der Waals surface area (Å²) < 4.78 is 17.8. The molecule has 0 atom stereocenters. The van der Waals surface area contributed by atoms with Crippen molar-refractivity contribution in [1.82, 2.24) is 0 Å². The first-order chi connectivity index (χ1) is 7.04. The van der Waals surface area contributed by atoms with E-state index in [-0.39, 0.29) is 23.7 Å². The molecule has 0 spiro atoms. The number of nitrogen functional groups attached to an aromatic ring is 1. The fourth-order valence-corrected chi connectivity index (χ4v) is 1.30. The third-order valence-corrected chi connectivity index (χ3v) is 2.11. The van der Waals surface area contributed by atoms with Gasteiger partial charge in [-0.25, -0.2) is 4.39 Å². The molecule has 0 unspecified atom stereocenters. The molecular formula is C10H11ClFNO2. The lowest BCUT2D eigenvalue weighted by atomic mass is 10.1. The van der Waals surface area contributed by atoms with E-state index in [9.17, 15) is 9.18 Å². The normalized spacial score (nSPS) is 10.1. The van der Waals surface area contributed by atoms with Crippen LogP contribution in [0.3, 0.4) is 0 Å². The standard InChI is InChI=1S/C10H11ClFNO2/c1-2-15-10(14)4-6-3-8(12)7(11)5-9(6)13/h3,5H,2,4,13H2,1H3. The van der Waals surface area contributed by atoms with Crippen LogP contribution in [0.25, 0.3) is 0 Å². The maximum absolute atomic E-state index is 13.1. The lowest BCUT2D eigenvalue weighted by Crippen LogP contribution is -2.09. The molecule has 15 heavy (non-hydrogen) atoms. The van der Waals surface area contributed by atoms with Gasteiger partial charge in [-0.2, -0.15) is 0 Å². The van der Waals surface area contributed by atoms with E-state index in [1.165, 1.54) is 6.07 Å². The Balaban J connectivity index is 2.86. The molecule has 0 saturated carbocycles. The van der Waals surface area contributed by atoms with Crippen LogP contribution in [0, 0.1) is 5.82 Å². The Kier molecular flexibility index (Phi) is 3.91. The van der Waals surface area contributed by atoms with Crippen molar-refractivity contribution in [2.24, 2.45) is 0 Å². The number of esters is 1. The Morgan fingerprint density at radius 2 is 2.27 bits per heavy atom. The van der Waals surface area contributed by atoms with E-state index < -0.39 is 11.8 Å². The van der Waals surface area contributed by atoms with Crippen molar-refractivity contribution in [1.29, 1.82) is 0 Å². The fraction of sp³-hybridized carbons (Fsp3) is 0.300. The molecule has 5 heteroatoms. The van der Waals surface area contributed by atoms with Gasteiger partial charge in [0.25, 0.3) is 0 Å². The molecule has 3 nitrogen and oxygen atoms in total. The van der Waals surface area contributed by atoms with Gasteiger partial charge in [-0.1, -0.05) is 11.6 Å². The summed E-state index contributed by atoms with van der Waals surface area (Å²) in [5, 5.41) is -0.0555. The fourth-order valence-electron chi connectivity index (χ4n) is 1.12. The average molecular weight is 232 g/mol. The summed E-state index contributed by atoms with van der Waals surface area (Å²) in [7, 11) is 0. The Morgan fingerprint density at radius 3 is 2.87 bits per heavy atom. The van der Waals surface area contributed by atoms with E-state index in [1.54, 1.807) is 6.92 Å². The molecule has 2 N–H and O–H groups in total. The molecule has 82 valence electrons. The maximum Gasteiger partial charge on any atom is 0.310 e. The Morgan fingerprint density at radius 1 is 1.60 bits per heavy atom. The molecule has 0 amide bonds. The van der Waals surface area contributed by atoms with Crippen molar-refractivity contribution in [2.45, 2.75) is 13.3 Å². The summed E-state index contributed by atoms with van der Waals surface area (Å²) >= 11 is 5.51. The van der Waals surface area contributed by atoms with Gasteiger partial charge >= 0.3 is 5.97 Å². The monoisotopic (exact) mass is 231 g/mol. The van der Waals surface area contributed by atoms with Crippen LogP contribution in [-0.4, -0.2) is 12.6 Å². The predicted octanol–water partition coefficient (Wildman–Crippen LogP) is 2.17. The topological polar surface area (TPSA) is 52.3 Å². The van der Waals surface area contributed by atoms with Gasteiger partial charge in [0.2, 0.25) is 0 Å². The number of halogens is 2. The van der Waals surface area contributed by atoms with Crippen molar-refractivity contribution in [3.05, 3.63) is 28.5 Å². The van der Waals surface area contributed by atoms with E-state index >= 15 is 0 Å². The molecule has 0 aliphatic rings. The van der Waals surface area contributed by atoms with E-state index in [1.807, 2.05) is 0 Å². The second kappa shape index (κ2) is 4.98. The number of benzene rings is 1. The van der Waals surface area contributed by atoms with E-state index in [2.05, 4.69) is 0 Å². The zero-order chi connectivity index (χ0) is 11.4. The number of ether oxygens (including phenoxy) is 1. The summed E-state index contributed by atoms with van der Waals surface area (Å²) in [6.45, 7) is 1.98. The second-order valence-corrected chi connectivity index (χ2v) is 3.35. The van der Waals surface area contributed by atoms with Gasteiger partial charge in [0.15, 0.2) is 0 Å². The first kappa shape index (κ1) is 11.8. The van der Waals surface area contributed by atoms with Crippen LogP contribution >= 0.6 is 11.6 Å². The van der Waals surface area contributed by atoms with Crippen molar-refractivity contribution in [2.75, 3.05) is 12.3 Å². The highest BCUT2D eigenvalue weighted by atomic mass is 35.5. The van der Waals surface area contributed by atoms with Crippen LogP contribution in [0.15, 0.2) is 12.1 Å². The van der Waals surface area contributed by atoms with Gasteiger partial charge in [0.05, 0.1) is 18.1 Å². The van der Waals surface area contributed by atoms with Crippen LogP contribution in [0.4, 0.5) is 10.1 Å². The Labute approximate surface area is 92.0 Å². The van der Waals surface area contributed by atoms with Crippen LogP contribution in [0.1, 0.15) is 12.5 Å². The molecule has 0 fully saturated rings. The summed E-state index contributed by atoms with van der Waals surface area (Å²) in [6, 6.07) is 2.43. The Hall–Kier alpha value is -1.29. The third-order valence-electron chi connectivity index (χ3n) is 1.82. The van der Waals surface area contributed by atoms with Gasteiger partial charge < -0.3 is 10.5 Å². The van der Waals surface area contributed by atoms with Crippen LogP contribution < -0.4 is 5.73 Å². The molecule has 0 radical (unpaired) electrons. The summed E-state index contributed by atoms with van der Waals surface area (Å²) in [5.41, 5.74) is 6.25. The zero-order valence-electron chi connectivity index (χ0n) is 8.22. The van der Waals surface area contributed by atoms with Crippen LogP contribution in [0.2, 0.25) is 5.02 Å². The number of hydrogen-bond acceptors (Lipinski definition) is 3.